The monoisotopic (exact) mass is 227 g/mol. The summed E-state index contributed by atoms with van der Waals surface area (Å²) >= 11 is 0. The van der Waals surface area contributed by atoms with Gasteiger partial charge in [0, 0.05) is 5.54 Å². The maximum absolute atomic E-state index is 12.9. The van der Waals surface area contributed by atoms with Crippen LogP contribution < -0.4 is 5.73 Å². The summed E-state index contributed by atoms with van der Waals surface area (Å²) in [6.07, 6.45) is 2.07. The largest absolute Gasteiger partial charge is 0.321 e. The Labute approximate surface area is 100 Å². The first-order valence-corrected chi connectivity index (χ1v) is 5.83. The molecule has 2 N–H and O–H groups in total. The third kappa shape index (κ3) is 1.85. The summed E-state index contributed by atoms with van der Waals surface area (Å²) in [5, 5.41) is 0. The van der Waals surface area contributed by atoms with Gasteiger partial charge in [-0.2, -0.15) is 0 Å². The maximum Gasteiger partial charge on any atom is 0.123 e. The molecule has 0 heterocycles. The fourth-order valence-electron chi connectivity index (χ4n) is 2.20. The molecule has 0 radical (unpaired) electrons. The van der Waals surface area contributed by atoms with Gasteiger partial charge in [0.1, 0.15) is 5.82 Å². The van der Waals surface area contributed by atoms with Crippen molar-refractivity contribution < 1.29 is 4.39 Å². The molecule has 2 heteroatoms. The van der Waals surface area contributed by atoms with Gasteiger partial charge in [0.25, 0.3) is 0 Å². The summed E-state index contributed by atoms with van der Waals surface area (Å²) in [7, 11) is 0. The van der Waals surface area contributed by atoms with Gasteiger partial charge in [0.2, 0.25) is 0 Å². The molecule has 2 aromatic rings. The minimum Gasteiger partial charge on any atom is -0.321 e. The van der Waals surface area contributed by atoms with Crippen LogP contribution in [0.5, 0.6) is 0 Å². The van der Waals surface area contributed by atoms with E-state index in [1.165, 1.54) is 17.7 Å². The molecule has 0 aromatic heterocycles. The van der Waals surface area contributed by atoms with Gasteiger partial charge in [0.05, 0.1) is 0 Å². The smallest absolute Gasteiger partial charge is 0.123 e. The van der Waals surface area contributed by atoms with Gasteiger partial charge in [-0.05, 0) is 41.7 Å². The first-order chi connectivity index (χ1) is 8.19. The highest BCUT2D eigenvalue weighted by molar-refractivity contribution is 5.69. The predicted molar refractivity (Wildman–Crippen MR) is 66.9 cm³/mol. The number of halogens is 1. The Kier molecular flexibility index (Phi) is 2.26. The average Bonchev–Trinajstić information content (AvgIpc) is 3.10. The van der Waals surface area contributed by atoms with E-state index in [9.17, 15) is 4.39 Å². The van der Waals surface area contributed by atoms with Crippen molar-refractivity contribution in [1.82, 2.24) is 0 Å². The zero-order valence-electron chi connectivity index (χ0n) is 9.49. The molecular weight excluding hydrogens is 213 g/mol. The SMILES string of the molecule is NC1(c2ccccc2-c2ccc(F)cc2)CC1. The minimum atomic E-state index is -0.208. The van der Waals surface area contributed by atoms with Crippen LogP contribution in [-0.4, -0.2) is 0 Å². The molecule has 0 atom stereocenters. The molecule has 1 aliphatic rings. The Morgan fingerprint density at radius 3 is 2.24 bits per heavy atom. The number of nitrogens with two attached hydrogens (primary N) is 1. The Morgan fingerprint density at radius 1 is 0.941 bits per heavy atom. The van der Waals surface area contributed by atoms with Crippen molar-refractivity contribution in [2.24, 2.45) is 5.73 Å². The quantitative estimate of drug-likeness (QED) is 0.835. The van der Waals surface area contributed by atoms with E-state index >= 15 is 0 Å². The first kappa shape index (κ1) is 10.5. The van der Waals surface area contributed by atoms with Gasteiger partial charge >= 0.3 is 0 Å². The number of benzene rings is 2. The van der Waals surface area contributed by atoms with E-state index in [1.54, 1.807) is 12.1 Å². The zero-order valence-corrected chi connectivity index (χ0v) is 9.49. The van der Waals surface area contributed by atoms with Crippen LogP contribution in [0.1, 0.15) is 18.4 Å². The lowest BCUT2D eigenvalue weighted by molar-refractivity contribution is 0.628. The molecule has 0 saturated heterocycles. The van der Waals surface area contributed by atoms with Gasteiger partial charge in [-0.15, -0.1) is 0 Å². The van der Waals surface area contributed by atoms with E-state index in [0.717, 1.165) is 24.0 Å². The van der Waals surface area contributed by atoms with Crippen LogP contribution in [-0.2, 0) is 5.54 Å². The highest BCUT2D eigenvalue weighted by Crippen LogP contribution is 2.46. The van der Waals surface area contributed by atoms with E-state index in [0.29, 0.717) is 0 Å². The second kappa shape index (κ2) is 3.67. The molecule has 1 nitrogen and oxygen atoms in total. The summed E-state index contributed by atoms with van der Waals surface area (Å²) in [5.41, 5.74) is 9.42. The van der Waals surface area contributed by atoms with Crippen LogP contribution in [0.25, 0.3) is 11.1 Å². The molecule has 1 fully saturated rings. The molecule has 0 amide bonds. The first-order valence-electron chi connectivity index (χ1n) is 5.83. The van der Waals surface area contributed by atoms with Crippen molar-refractivity contribution in [3.63, 3.8) is 0 Å². The van der Waals surface area contributed by atoms with Gasteiger partial charge in [0.15, 0.2) is 0 Å². The van der Waals surface area contributed by atoms with Gasteiger partial charge in [-0.25, -0.2) is 4.39 Å². The van der Waals surface area contributed by atoms with Crippen LogP contribution in [0.4, 0.5) is 4.39 Å². The van der Waals surface area contributed by atoms with Gasteiger partial charge in [-0.3, -0.25) is 0 Å². The van der Waals surface area contributed by atoms with Crippen molar-refractivity contribution in [1.29, 1.82) is 0 Å². The topological polar surface area (TPSA) is 26.0 Å². The lowest BCUT2D eigenvalue weighted by Crippen LogP contribution is -2.19. The third-order valence-corrected chi connectivity index (χ3v) is 3.41. The molecule has 3 rings (SSSR count). The minimum absolute atomic E-state index is 0.162. The van der Waals surface area contributed by atoms with E-state index in [4.69, 9.17) is 5.73 Å². The van der Waals surface area contributed by atoms with Crippen molar-refractivity contribution >= 4 is 0 Å². The molecule has 86 valence electrons. The zero-order chi connectivity index (χ0) is 11.9. The molecule has 0 aliphatic heterocycles. The fraction of sp³-hybridized carbons (Fsp3) is 0.200. The van der Waals surface area contributed by atoms with E-state index in [-0.39, 0.29) is 11.4 Å². The summed E-state index contributed by atoms with van der Waals surface area (Å²) in [4.78, 5) is 0. The number of rotatable bonds is 2. The summed E-state index contributed by atoms with van der Waals surface area (Å²) < 4.78 is 12.9. The standard InChI is InChI=1S/C15H14FN/c16-12-7-5-11(6-8-12)13-3-1-2-4-14(13)15(17)9-10-15/h1-8H,9-10,17H2. The third-order valence-electron chi connectivity index (χ3n) is 3.41. The summed E-state index contributed by atoms with van der Waals surface area (Å²) in [5.74, 6) is -0.208. The maximum atomic E-state index is 12.9. The average molecular weight is 227 g/mol. The van der Waals surface area contributed by atoms with E-state index < -0.39 is 0 Å². The van der Waals surface area contributed by atoms with Crippen molar-refractivity contribution in [3.05, 3.63) is 59.9 Å². The molecule has 1 aliphatic carbocycles. The number of hydrogen-bond acceptors (Lipinski definition) is 1. The summed E-state index contributed by atoms with van der Waals surface area (Å²) in [6, 6.07) is 14.7. The van der Waals surface area contributed by atoms with Crippen LogP contribution >= 0.6 is 0 Å². The lowest BCUT2D eigenvalue weighted by atomic mass is 9.94. The van der Waals surface area contributed by atoms with Crippen LogP contribution in [0.2, 0.25) is 0 Å². The Morgan fingerprint density at radius 2 is 1.59 bits per heavy atom. The lowest BCUT2D eigenvalue weighted by Gasteiger charge is -2.15. The second-order valence-electron chi connectivity index (χ2n) is 4.71. The second-order valence-corrected chi connectivity index (χ2v) is 4.71. The van der Waals surface area contributed by atoms with Crippen LogP contribution in [0, 0.1) is 5.82 Å². The normalized spacial score (nSPS) is 16.8. The Balaban J connectivity index is 2.11. The van der Waals surface area contributed by atoms with Gasteiger partial charge in [-0.1, -0.05) is 36.4 Å². The van der Waals surface area contributed by atoms with Crippen LogP contribution in [0.3, 0.4) is 0 Å². The van der Waals surface area contributed by atoms with E-state index in [1.807, 2.05) is 12.1 Å². The Bertz CT molecular complexity index is 541. The highest BCUT2D eigenvalue weighted by Gasteiger charge is 2.41. The molecular formula is C15H14FN. The summed E-state index contributed by atoms with van der Waals surface area (Å²) in [6.45, 7) is 0. The molecule has 17 heavy (non-hydrogen) atoms. The van der Waals surface area contributed by atoms with Crippen molar-refractivity contribution in [2.75, 3.05) is 0 Å². The molecule has 2 aromatic carbocycles. The van der Waals surface area contributed by atoms with Crippen molar-refractivity contribution in [3.8, 4) is 11.1 Å². The molecule has 1 saturated carbocycles. The molecule has 0 unspecified atom stereocenters. The Hall–Kier alpha value is -1.67. The fourth-order valence-corrected chi connectivity index (χ4v) is 2.20. The van der Waals surface area contributed by atoms with Crippen LogP contribution in [0.15, 0.2) is 48.5 Å². The predicted octanol–water partition coefficient (Wildman–Crippen LogP) is 3.44. The van der Waals surface area contributed by atoms with Crippen molar-refractivity contribution in [2.45, 2.75) is 18.4 Å². The van der Waals surface area contributed by atoms with Gasteiger partial charge < -0.3 is 5.73 Å². The van der Waals surface area contributed by atoms with E-state index in [2.05, 4.69) is 12.1 Å². The number of hydrogen-bond donors (Lipinski definition) is 1. The molecule has 0 spiro atoms. The molecule has 0 bridgehead atoms. The highest BCUT2D eigenvalue weighted by atomic mass is 19.1.